The van der Waals surface area contributed by atoms with Crippen LogP contribution in [0.2, 0.25) is 0 Å². The fourth-order valence-corrected chi connectivity index (χ4v) is 3.21. The topological polar surface area (TPSA) is 53.0 Å². The maximum absolute atomic E-state index is 12.2. The van der Waals surface area contributed by atoms with Gasteiger partial charge in [0.05, 0.1) is 29.4 Å². The molecule has 5 nitrogen and oxygen atoms in total. The van der Waals surface area contributed by atoms with Crippen molar-refractivity contribution >= 4 is 11.7 Å². The second-order valence-electron chi connectivity index (χ2n) is 7.07. The van der Waals surface area contributed by atoms with E-state index < -0.39 is 0 Å². The highest BCUT2D eigenvalue weighted by molar-refractivity contribution is 5.72. The molecule has 0 amide bonds. The Labute approximate surface area is 160 Å². The molecule has 0 aliphatic carbocycles. The normalized spacial score (nSPS) is 17.8. The number of esters is 1. The minimum atomic E-state index is -0.347. The van der Waals surface area contributed by atoms with Gasteiger partial charge in [-0.15, -0.1) is 0 Å². The minimum absolute atomic E-state index is 0.151. The van der Waals surface area contributed by atoms with Crippen LogP contribution in [0.15, 0.2) is 72.4 Å². The predicted octanol–water partition coefficient (Wildman–Crippen LogP) is 4.72. The van der Waals surface area contributed by atoms with E-state index in [1.807, 2.05) is 92.5 Å². The van der Waals surface area contributed by atoms with Crippen molar-refractivity contribution < 1.29 is 14.7 Å². The zero-order valence-corrected chi connectivity index (χ0v) is 15.9. The number of nitrogens with zero attached hydrogens (tertiary/aromatic N) is 2. The number of rotatable bonds is 6. The Morgan fingerprint density at radius 1 is 1.04 bits per heavy atom. The molecule has 3 rings (SSSR count). The Balaban J connectivity index is 1.87. The van der Waals surface area contributed by atoms with Crippen molar-refractivity contribution in [1.29, 1.82) is 0 Å². The molecule has 2 unspecified atom stereocenters. The number of carbonyl (C=O) groups excluding carboxylic acids is 1. The van der Waals surface area contributed by atoms with Crippen LogP contribution in [0.3, 0.4) is 0 Å². The van der Waals surface area contributed by atoms with Crippen molar-refractivity contribution in [3.8, 4) is 0 Å². The Bertz CT molecular complexity index is 790. The lowest BCUT2D eigenvalue weighted by atomic mass is 10.0. The predicted molar refractivity (Wildman–Crippen MR) is 105 cm³/mol. The van der Waals surface area contributed by atoms with Crippen LogP contribution in [0.4, 0.5) is 5.69 Å². The van der Waals surface area contributed by atoms with Crippen molar-refractivity contribution in [1.82, 2.24) is 5.17 Å². The minimum Gasteiger partial charge on any atom is -0.463 e. The molecule has 0 fully saturated rings. The number of allylic oxidation sites excluding steroid dienone is 1. The SMILES string of the molecule is CC(C)OC(=O)C(C)CC1=CC(c2ccccc2)N(c2ccccc2)N1O. The Morgan fingerprint density at radius 2 is 1.63 bits per heavy atom. The van der Waals surface area contributed by atoms with Gasteiger partial charge in [-0.2, -0.15) is 5.17 Å². The molecular formula is C22H26N2O3. The summed E-state index contributed by atoms with van der Waals surface area (Å²) in [6.45, 7) is 5.49. The molecule has 0 radical (unpaired) electrons. The third-order valence-corrected chi connectivity index (χ3v) is 4.51. The van der Waals surface area contributed by atoms with E-state index in [1.165, 1.54) is 0 Å². The Hall–Kier alpha value is -2.79. The number of anilines is 1. The number of carbonyl (C=O) groups is 1. The summed E-state index contributed by atoms with van der Waals surface area (Å²) in [6, 6.07) is 19.6. The first-order valence-electron chi connectivity index (χ1n) is 9.26. The van der Waals surface area contributed by atoms with Crippen LogP contribution >= 0.6 is 0 Å². The monoisotopic (exact) mass is 366 g/mol. The maximum atomic E-state index is 12.2. The lowest BCUT2D eigenvalue weighted by molar-refractivity contribution is -0.152. The van der Waals surface area contributed by atoms with Crippen LogP contribution in [-0.2, 0) is 9.53 Å². The number of hydrazine groups is 1. The Kier molecular flexibility index (Phi) is 5.81. The van der Waals surface area contributed by atoms with Gasteiger partial charge in [-0.05, 0) is 37.6 Å². The second-order valence-corrected chi connectivity index (χ2v) is 7.07. The number of ether oxygens (including phenoxy) is 1. The average Bonchev–Trinajstić information content (AvgIpc) is 2.99. The van der Waals surface area contributed by atoms with E-state index in [2.05, 4.69) is 0 Å². The smallest absolute Gasteiger partial charge is 0.309 e. The molecule has 142 valence electrons. The summed E-state index contributed by atoms with van der Waals surface area (Å²) in [5, 5.41) is 13.9. The molecule has 0 spiro atoms. The number of benzene rings is 2. The van der Waals surface area contributed by atoms with Crippen molar-refractivity contribution in [2.75, 3.05) is 5.01 Å². The van der Waals surface area contributed by atoms with Crippen molar-refractivity contribution in [3.63, 3.8) is 0 Å². The Morgan fingerprint density at radius 3 is 2.22 bits per heavy atom. The number of hydrogen-bond donors (Lipinski definition) is 1. The van der Waals surface area contributed by atoms with Crippen molar-refractivity contribution in [2.24, 2.45) is 5.92 Å². The van der Waals surface area contributed by atoms with Crippen molar-refractivity contribution in [2.45, 2.75) is 39.3 Å². The van der Waals surface area contributed by atoms with E-state index >= 15 is 0 Å². The van der Waals surface area contributed by atoms with E-state index in [9.17, 15) is 10.0 Å². The highest BCUT2D eigenvalue weighted by Gasteiger charge is 2.34. The fourth-order valence-electron chi connectivity index (χ4n) is 3.21. The molecule has 1 aliphatic heterocycles. The summed E-state index contributed by atoms with van der Waals surface area (Å²) in [6.07, 6.45) is 2.25. The van der Waals surface area contributed by atoms with Gasteiger partial charge in [0.2, 0.25) is 0 Å². The standard InChI is InChI=1S/C22H26N2O3/c1-16(2)27-22(25)17(3)14-20-15-21(18-10-6-4-7-11-18)23(24(20)26)19-12-8-5-9-13-19/h4-13,15-17,21,26H,14H2,1-3H3. The first-order valence-corrected chi connectivity index (χ1v) is 9.26. The van der Waals surface area contributed by atoms with Crippen LogP contribution in [0, 0.1) is 5.92 Å². The molecule has 0 saturated carbocycles. The third kappa shape index (κ3) is 4.31. The number of hydroxylamine groups is 1. The molecule has 2 atom stereocenters. The fraction of sp³-hybridized carbons (Fsp3) is 0.318. The van der Waals surface area contributed by atoms with Gasteiger partial charge in [0, 0.05) is 6.42 Å². The van der Waals surface area contributed by atoms with Crippen molar-refractivity contribution in [3.05, 3.63) is 78.0 Å². The van der Waals surface area contributed by atoms with E-state index in [-0.39, 0.29) is 24.0 Å². The molecule has 0 bridgehead atoms. The van der Waals surface area contributed by atoms with Crippen LogP contribution in [-0.4, -0.2) is 22.5 Å². The largest absolute Gasteiger partial charge is 0.463 e. The zero-order valence-electron chi connectivity index (χ0n) is 15.9. The molecule has 1 aliphatic rings. The first-order chi connectivity index (χ1) is 13.0. The summed E-state index contributed by atoms with van der Waals surface area (Å²) >= 11 is 0. The molecule has 5 heteroatoms. The van der Waals surface area contributed by atoms with Gasteiger partial charge in [-0.25, -0.2) is 0 Å². The first kappa shape index (κ1) is 19.0. The second kappa shape index (κ2) is 8.27. The molecule has 0 saturated heterocycles. The van der Waals surface area contributed by atoms with E-state index in [0.29, 0.717) is 12.1 Å². The van der Waals surface area contributed by atoms with Gasteiger partial charge in [-0.1, -0.05) is 55.5 Å². The number of hydrogen-bond acceptors (Lipinski definition) is 5. The van der Waals surface area contributed by atoms with Gasteiger partial charge in [-0.3, -0.25) is 15.0 Å². The van der Waals surface area contributed by atoms with Gasteiger partial charge >= 0.3 is 5.97 Å². The lowest BCUT2D eigenvalue weighted by Crippen LogP contribution is -2.37. The molecule has 1 heterocycles. The maximum Gasteiger partial charge on any atom is 0.309 e. The van der Waals surface area contributed by atoms with Crippen LogP contribution in [0.1, 0.15) is 38.8 Å². The highest BCUT2D eigenvalue weighted by atomic mass is 16.6. The van der Waals surface area contributed by atoms with E-state index in [1.54, 1.807) is 0 Å². The van der Waals surface area contributed by atoms with E-state index in [0.717, 1.165) is 16.4 Å². The quantitative estimate of drug-likeness (QED) is 0.750. The van der Waals surface area contributed by atoms with Gasteiger partial charge < -0.3 is 4.74 Å². The van der Waals surface area contributed by atoms with Crippen LogP contribution < -0.4 is 5.01 Å². The lowest BCUT2D eigenvalue weighted by Gasteiger charge is -2.33. The molecular weight excluding hydrogens is 340 g/mol. The molecule has 0 aromatic heterocycles. The molecule has 2 aromatic carbocycles. The van der Waals surface area contributed by atoms with Crippen LogP contribution in [0.25, 0.3) is 0 Å². The number of para-hydroxylation sites is 1. The zero-order chi connectivity index (χ0) is 19.4. The average molecular weight is 366 g/mol. The third-order valence-electron chi connectivity index (χ3n) is 4.51. The summed E-state index contributed by atoms with van der Waals surface area (Å²) in [4.78, 5) is 12.2. The molecule has 27 heavy (non-hydrogen) atoms. The molecule has 1 N–H and O–H groups in total. The van der Waals surface area contributed by atoms with E-state index in [4.69, 9.17) is 4.74 Å². The van der Waals surface area contributed by atoms with Crippen LogP contribution in [0.5, 0.6) is 0 Å². The van der Waals surface area contributed by atoms with Gasteiger partial charge in [0.1, 0.15) is 0 Å². The highest BCUT2D eigenvalue weighted by Crippen LogP contribution is 2.38. The summed E-state index contributed by atoms with van der Waals surface area (Å²) in [7, 11) is 0. The summed E-state index contributed by atoms with van der Waals surface area (Å²) in [5.41, 5.74) is 2.62. The van der Waals surface area contributed by atoms with Gasteiger partial charge in [0.15, 0.2) is 0 Å². The summed E-state index contributed by atoms with van der Waals surface area (Å²) in [5.74, 6) is -0.603. The molecule has 2 aromatic rings. The summed E-state index contributed by atoms with van der Waals surface area (Å²) < 4.78 is 5.30. The van der Waals surface area contributed by atoms with Gasteiger partial charge in [0.25, 0.3) is 0 Å².